The number of ether oxygens (including phenoxy) is 3. The summed E-state index contributed by atoms with van der Waals surface area (Å²) < 4.78 is 17.0. The number of hydrogen-bond donors (Lipinski definition) is 1. The van der Waals surface area contributed by atoms with E-state index in [0.29, 0.717) is 0 Å². The Labute approximate surface area is 267 Å². The van der Waals surface area contributed by atoms with Crippen molar-refractivity contribution in [1.29, 1.82) is 0 Å². The van der Waals surface area contributed by atoms with E-state index in [1.807, 2.05) is 47.0 Å². The quantitative estimate of drug-likeness (QED) is 0.421. The van der Waals surface area contributed by atoms with Crippen LogP contribution in [-0.2, 0) is 29.4 Å². The molecular weight excluding hydrogens is 570 g/mol. The number of allylic oxidation sites excluding steroid dienone is 1. The summed E-state index contributed by atoms with van der Waals surface area (Å²) in [5.74, 6) is -0.929. The second-order valence-corrected chi connectivity index (χ2v) is 14.3. The normalized spacial score (nSPS) is 24.0. The van der Waals surface area contributed by atoms with Crippen molar-refractivity contribution in [2.45, 2.75) is 71.6 Å². The summed E-state index contributed by atoms with van der Waals surface area (Å²) in [6.07, 6.45) is 5.46. The van der Waals surface area contributed by atoms with Crippen LogP contribution in [-0.4, -0.2) is 76.4 Å². The van der Waals surface area contributed by atoms with Crippen LogP contribution in [0.25, 0.3) is 17.2 Å². The average Bonchev–Trinajstić information content (AvgIpc) is 3.41. The summed E-state index contributed by atoms with van der Waals surface area (Å²) in [6, 6.07) is 12.7. The zero-order valence-electron chi connectivity index (χ0n) is 28.2. The van der Waals surface area contributed by atoms with Gasteiger partial charge in [-0.2, -0.15) is 0 Å². The van der Waals surface area contributed by atoms with Crippen LogP contribution in [0, 0.1) is 10.8 Å². The molecule has 0 aliphatic carbocycles. The highest BCUT2D eigenvalue weighted by Crippen LogP contribution is 2.41. The molecule has 2 amide bonds. The van der Waals surface area contributed by atoms with Crippen molar-refractivity contribution >= 4 is 29.7 Å². The van der Waals surface area contributed by atoms with Crippen LogP contribution in [0.1, 0.15) is 65.0 Å². The fraction of sp³-hybridized carbons (Fsp3) is 0.528. The molecular formula is C36H49N3O6. The molecule has 0 saturated carbocycles. The van der Waals surface area contributed by atoms with Crippen molar-refractivity contribution < 1.29 is 28.6 Å². The Hall–Kier alpha value is -3.85. The van der Waals surface area contributed by atoms with Gasteiger partial charge in [0.1, 0.15) is 17.7 Å². The van der Waals surface area contributed by atoms with Crippen LogP contribution in [0.5, 0.6) is 0 Å². The second kappa shape index (κ2) is 13.3. The number of amides is 2. The predicted molar refractivity (Wildman–Crippen MR) is 177 cm³/mol. The van der Waals surface area contributed by atoms with Gasteiger partial charge in [-0.3, -0.25) is 4.79 Å². The molecule has 2 aromatic rings. The number of hydrogen-bond acceptors (Lipinski definition) is 7. The topological polar surface area (TPSA) is 97.4 Å². The van der Waals surface area contributed by atoms with E-state index in [0.717, 1.165) is 40.8 Å². The van der Waals surface area contributed by atoms with Crippen LogP contribution < -0.4 is 10.2 Å². The summed E-state index contributed by atoms with van der Waals surface area (Å²) in [5, 5.41) is 2.81. The van der Waals surface area contributed by atoms with Gasteiger partial charge >= 0.3 is 12.1 Å². The Morgan fingerprint density at radius 1 is 1.07 bits per heavy atom. The standard InChI is InChI=1S/C36H49N3O6/c1-34(2,3)30-31(40)39-22-36(44-9,21-29(39)32(41)43-8)26-15-13-24(14-16-26)28-18-17-27(38(6)7)20-25(28)12-10-11-19-35(4,5)23-45-33(42)37-30/h10,12-18,20,29-30H,11,19,21-23H2,1-9H3,(H,37,42)/t29-,30+,36-/m0/s1. The van der Waals surface area contributed by atoms with Gasteiger partial charge in [-0.05, 0) is 58.1 Å². The fourth-order valence-corrected chi connectivity index (χ4v) is 6.10. The zero-order chi connectivity index (χ0) is 33.2. The van der Waals surface area contributed by atoms with Crippen LogP contribution >= 0.6 is 0 Å². The molecule has 45 heavy (non-hydrogen) atoms. The maximum atomic E-state index is 14.2. The Bertz CT molecular complexity index is 1430. The van der Waals surface area contributed by atoms with Crippen LogP contribution in [0.3, 0.4) is 0 Å². The van der Waals surface area contributed by atoms with Gasteiger partial charge in [-0.15, -0.1) is 0 Å². The van der Waals surface area contributed by atoms with Gasteiger partial charge in [0.2, 0.25) is 5.91 Å². The molecule has 1 fully saturated rings. The first-order chi connectivity index (χ1) is 21.1. The number of nitrogens with zero attached hydrogens (tertiary/aromatic N) is 2. The minimum Gasteiger partial charge on any atom is -0.467 e. The molecule has 3 aliphatic heterocycles. The molecule has 0 unspecified atom stereocenters. The molecule has 3 heterocycles. The number of alkyl carbamates (subject to hydrolysis) is 1. The Morgan fingerprint density at radius 3 is 2.36 bits per heavy atom. The molecule has 0 radical (unpaired) electrons. The molecule has 1 saturated heterocycles. The minimum atomic E-state index is -0.960. The highest BCUT2D eigenvalue weighted by molar-refractivity contribution is 5.91. The third kappa shape index (κ3) is 7.52. The molecule has 5 rings (SSSR count). The molecule has 3 atom stereocenters. The highest BCUT2D eigenvalue weighted by atomic mass is 16.5. The summed E-state index contributed by atoms with van der Waals surface area (Å²) in [6.45, 7) is 10.0. The molecule has 0 spiro atoms. The number of esters is 1. The molecule has 9 heteroatoms. The Kier molecular flexibility index (Phi) is 10.0. The van der Waals surface area contributed by atoms with E-state index >= 15 is 0 Å². The number of fused-ring (bicyclic) bond motifs is 11. The van der Waals surface area contributed by atoms with Crippen molar-refractivity contribution in [2.24, 2.45) is 10.8 Å². The highest BCUT2D eigenvalue weighted by Gasteiger charge is 2.53. The summed E-state index contributed by atoms with van der Waals surface area (Å²) in [4.78, 5) is 44.0. The van der Waals surface area contributed by atoms with Crippen LogP contribution in [0.2, 0.25) is 0 Å². The largest absolute Gasteiger partial charge is 0.467 e. The van der Waals surface area contributed by atoms with Crippen molar-refractivity contribution in [1.82, 2.24) is 10.2 Å². The maximum absolute atomic E-state index is 14.2. The van der Waals surface area contributed by atoms with Gasteiger partial charge in [-0.1, -0.05) is 77.1 Å². The Morgan fingerprint density at radius 2 is 1.76 bits per heavy atom. The number of carbonyl (C=O) groups excluding carboxylic acids is 3. The number of nitrogens with one attached hydrogen (secondary N) is 1. The SMILES string of the molecule is COC(=O)[C@@H]1C[C@]2(OC)CN1C(=O)[C@H](C(C)(C)C)NC(=O)OCC(C)(C)CCC=Cc1cc(N(C)C)ccc1-c1ccc2cc1. The smallest absolute Gasteiger partial charge is 0.407 e. The first kappa shape index (κ1) is 34.0. The van der Waals surface area contributed by atoms with Gasteiger partial charge in [-0.25, -0.2) is 9.59 Å². The second-order valence-electron chi connectivity index (χ2n) is 14.3. The van der Waals surface area contributed by atoms with Crippen LogP contribution in [0.15, 0.2) is 48.5 Å². The van der Waals surface area contributed by atoms with E-state index in [4.69, 9.17) is 14.2 Å². The molecule has 2 aromatic carbocycles. The number of methoxy groups -OCH3 is 2. The zero-order valence-corrected chi connectivity index (χ0v) is 28.2. The van der Waals surface area contributed by atoms with Gasteiger partial charge in [0.15, 0.2) is 0 Å². The maximum Gasteiger partial charge on any atom is 0.407 e. The van der Waals surface area contributed by atoms with Gasteiger partial charge in [0.05, 0.1) is 20.3 Å². The molecule has 1 N–H and O–H groups in total. The van der Waals surface area contributed by atoms with E-state index < -0.39 is 41.1 Å². The lowest BCUT2D eigenvalue weighted by atomic mass is 9.85. The third-order valence-corrected chi connectivity index (χ3v) is 9.00. The Balaban J connectivity index is 1.83. The number of anilines is 1. The van der Waals surface area contributed by atoms with Gasteiger partial charge < -0.3 is 29.3 Å². The van der Waals surface area contributed by atoms with Crippen molar-refractivity contribution in [3.8, 4) is 11.1 Å². The summed E-state index contributed by atoms with van der Waals surface area (Å²) in [5.41, 5.74) is 3.24. The van der Waals surface area contributed by atoms with Gasteiger partial charge in [0.25, 0.3) is 0 Å². The lowest BCUT2D eigenvalue weighted by Crippen LogP contribution is -2.57. The minimum absolute atomic E-state index is 0.114. The van der Waals surface area contributed by atoms with E-state index in [-0.39, 0.29) is 25.0 Å². The first-order valence-electron chi connectivity index (χ1n) is 15.6. The molecule has 4 bridgehead atoms. The first-order valence-corrected chi connectivity index (χ1v) is 15.6. The number of benzene rings is 2. The molecule has 0 aromatic heterocycles. The van der Waals surface area contributed by atoms with Crippen molar-refractivity contribution in [2.75, 3.05) is 46.4 Å². The number of carbonyl (C=O) groups is 3. The lowest BCUT2D eigenvalue weighted by molar-refractivity contribution is -0.152. The molecule has 3 aliphatic rings. The third-order valence-electron chi connectivity index (χ3n) is 9.00. The van der Waals surface area contributed by atoms with E-state index in [2.05, 4.69) is 66.5 Å². The van der Waals surface area contributed by atoms with E-state index in [1.54, 1.807) is 7.11 Å². The van der Waals surface area contributed by atoms with E-state index in [1.165, 1.54) is 12.0 Å². The average molecular weight is 620 g/mol. The van der Waals surface area contributed by atoms with Crippen molar-refractivity contribution in [3.63, 3.8) is 0 Å². The summed E-state index contributed by atoms with van der Waals surface area (Å²) in [7, 11) is 6.95. The van der Waals surface area contributed by atoms with Gasteiger partial charge in [0, 0.05) is 33.3 Å². The molecule has 244 valence electrons. The molecule has 9 nitrogen and oxygen atoms in total. The van der Waals surface area contributed by atoms with Crippen molar-refractivity contribution in [3.05, 3.63) is 59.7 Å². The predicted octanol–water partition coefficient (Wildman–Crippen LogP) is 6.01. The van der Waals surface area contributed by atoms with Crippen LogP contribution in [0.4, 0.5) is 10.5 Å². The summed E-state index contributed by atoms with van der Waals surface area (Å²) >= 11 is 0. The lowest BCUT2D eigenvalue weighted by Gasteiger charge is -2.35. The fourth-order valence-electron chi connectivity index (χ4n) is 6.10. The van der Waals surface area contributed by atoms with E-state index in [9.17, 15) is 14.4 Å². The monoisotopic (exact) mass is 619 g/mol. The number of rotatable bonds is 3.